The highest BCUT2D eigenvalue weighted by atomic mass is 16.3. The van der Waals surface area contributed by atoms with Crippen LogP contribution in [0.15, 0.2) is 31.1 Å². The molecule has 0 aromatic carbocycles. The Kier molecular flexibility index (Phi) is 4.29. The van der Waals surface area contributed by atoms with E-state index in [4.69, 9.17) is 5.11 Å². The van der Waals surface area contributed by atoms with Crippen LogP contribution in [0, 0.1) is 0 Å². The van der Waals surface area contributed by atoms with Gasteiger partial charge in [-0.3, -0.25) is 4.98 Å². The van der Waals surface area contributed by atoms with Crippen molar-refractivity contribution in [1.29, 1.82) is 0 Å². The summed E-state index contributed by atoms with van der Waals surface area (Å²) < 4.78 is 0. The Labute approximate surface area is 83.7 Å². The van der Waals surface area contributed by atoms with Crippen LogP contribution in [0.2, 0.25) is 0 Å². The van der Waals surface area contributed by atoms with Crippen molar-refractivity contribution < 1.29 is 10.2 Å². The Bertz CT molecular complexity index is 299. The van der Waals surface area contributed by atoms with E-state index >= 15 is 0 Å². The highest BCUT2D eigenvalue weighted by molar-refractivity contribution is 5.27. The fraction of sp³-hybridized carbons (Fsp3) is 0.364. The molecule has 0 saturated heterocycles. The first-order chi connectivity index (χ1) is 6.83. The number of aliphatic hydroxyl groups is 2. The molecule has 0 aliphatic rings. The summed E-state index contributed by atoms with van der Waals surface area (Å²) in [6, 6.07) is 1.76. The lowest BCUT2D eigenvalue weighted by atomic mass is 9.94. The molecule has 2 N–H and O–H groups in total. The second kappa shape index (κ2) is 5.52. The van der Waals surface area contributed by atoms with Crippen molar-refractivity contribution in [2.75, 3.05) is 6.61 Å². The molecule has 1 aromatic heterocycles. The van der Waals surface area contributed by atoms with Crippen molar-refractivity contribution >= 4 is 0 Å². The number of hydrogen-bond donors (Lipinski definition) is 2. The molecule has 0 spiro atoms. The summed E-state index contributed by atoms with van der Waals surface area (Å²) in [5.41, 5.74) is 1.72. The molecule has 1 atom stereocenters. The molecule has 0 radical (unpaired) electrons. The average molecular weight is 193 g/mol. The molecule has 0 aliphatic carbocycles. The van der Waals surface area contributed by atoms with Gasteiger partial charge in [-0.05, 0) is 23.6 Å². The fourth-order valence-electron chi connectivity index (χ4n) is 1.45. The summed E-state index contributed by atoms with van der Waals surface area (Å²) in [6.45, 7) is 3.66. The molecule has 0 fully saturated rings. The Morgan fingerprint density at radius 3 is 2.86 bits per heavy atom. The second-order valence-corrected chi connectivity index (χ2v) is 3.14. The summed E-state index contributed by atoms with van der Waals surface area (Å²) in [7, 11) is 0. The maximum atomic E-state index is 9.17. The highest BCUT2D eigenvalue weighted by Crippen LogP contribution is 2.22. The Morgan fingerprint density at radius 2 is 2.29 bits per heavy atom. The van der Waals surface area contributed by atoms with Gasteiger partial charge in [0.25, 0.3) is 0 Å². The zero-order valence-corrected chi connectivity index (χ0v) is 8.06. The predicted molar refractivity (Wildman–Crippen MR) is 54.8 cm³/mol. The molecule has 1 aromatic rings. The molecule has 76 valence electrons. The largest absolute Gasteiger partial charge is 0.396 e. The molecule has 0 bridgehead atoms. The van der Waals surface area contributed by atoms with E-state index < -0.39 is 0 Å². The molecule has 0 saturated carbocycles. The van der Waals surface area contributed by atoms with Crippen LogP contribution >= 0.6 is 0 Å². The number of hydrogen-bond acceptors (Lipinski definition) is 3. The number of aliphatic hydroxyl groups excluding tert-OH is 2. The van der Waals surface area contributed by atoms with Crippen molar-refractivity contribution in [3.05, 3.63) is 42.2 Å². The number of rotatable bonds is 5. The van der Waals surface area contributed by atoms with Crippen LogP contribution in [0.25, 0.3) is 0 Å². The van der Waals surface area contributed by atoms with Gasteiger partial charge >= 0.3 is 0 Å². The Morgan fingerprint density at radius 1 is 1.50 bits per heavy atom. The van der Waals surface area contributed by atoms with E-state index in [1.807, 2.05) is 0 Å². The van der Waals surface area contributed by atoms with Gasteiger partial charge in [0.2, 0.25) is 0 Å². The molecule has 0 aliphatic heterocycles. The number of nitrogens with zero attached hydrogens (tertiary/aromatic N) is 1. The third-order valence-corrected chi connectivity index (χ3v) is 2.23. The number of pyridine rings is 1. The van der Waals surface area contributed by atoms with Gasteiger partial charge in [-0.25, -0.2) is 0 Å². The van der Waals surface area contributed by atoms with Crippen LogP contribution in [0.1, 0.15) is 23.5 Å². The minimum absolute atomic E-state index is 0.0108. The molecule has 3 nitrogen and oxygen atoms in total. The zero-order chi connectivity index (χ0) is 10.4. The van der Waals surface area contributed by atoms with E-state index in [0.717, 1.165) is 11.1 Å². The lowest BCUT2D eigenvalue weighted by Crippen LogP contribution is -2.07. The molecule has 3 heteroatoms. The van der Waals surface area contributed by atoms with Crippen LogP contribution in [0.3, 0.4) is 0 Å². The SMILES string of the molecule is C=CCC(CO)c1cnccc1CO. The van der Waals surface area contributed by atoms with E-state index in [2.05, 4.69) is 11.6 Å². The van der Waals surface area contributed by atoms with Gasteiger partial charge in [0.1, 0.15) is 0 Å². The highest BCUT2D eigenvalue weighted by Gasteiger charge is 2.12. The minimum atomic E-state index is -0.0223. The monoisotopic (exact) mass is 193 g/mol. The number of allylic oxidation sites excluding steroid dienone is 1. The van der Waals surface area contributed by atoms with Crippen molar-refractivity contribution in [2.24, 2.45) is 0 Å². The van der Waals surface area contributed by atoms with E-state index in [0.29, 0.717) is 6.42 Å². The summed E-state index contributed by atoms with van der Waals surface area (Å²) in [4.78, 5) is 3.99. The predicted octanol–water partition coefficient (Wildman–Crippen LogP) is 1.23. The summed E-state index contributed by atoms with van der Waals surface area (Å²) >= 11 is 0. The van der Waals surface area contributed by atoms with Gasteiger partial charge in [0, 0.05) is 18.3 Å². The molecule has 1 heterocycles. The third-order valence-electron chi connectivity index (χ3n) is 2.23. The van der Waals surface area contributed by atoms with Gasteiger partial charge < -0.3 is 10.2 Å². The van der Waals surface area contributed by atoms with Gasteiger partial charge in [0.05, 0.1) is 13.2 Å². The third kappa shape index (κ3) is 2.40. The van der Waals surface area contributed by atoms with E-state index in [-0.39, 0.29) is 19.1 Å². The topological polar surface area (TPSA) is 53.4 Å². The molecule has 0 amide bonds. The van der Waals surface area contributed by atoms with Crippen molar-refractivity contribution in [1.82, 2.24) is 4.98 Å². The van der Waals surface area contributed by atoms with E-state index in [1.54, 1.807) is 24.5 Å². The van der Waals surface area contributed by atoms with Crippen LogP contribution < -0.4 is 0 Å². The van der Waals surface area contributed by atoms with Gasteiger partial charge in [-0.2, -0.15) is 0 Å². The van der Waals surface area contributed by atoms with Crippen LogP contribution in [0.5, 0.6) is 0 Å². The quantitative estimate of drug-likeness (QED) is 0.691. The lowest BCUT2D eigenvalue weighted by Gasteiger charge is -2.14. The maximum Gasteiger partial charge on any atom is 0.0685 e. The number of aromatic nitrogens is 1. The van der Waals surface area contributed by atoms with E-state index in [1.165, 1.54) is 0 Å². The van der Waals surface area contributed by atoms with Crippen molar-refractivity contribution in [3.8, 4) is 0 Å². The summed E-state index contributed by atoms with van der Waals surface area (Å²) in [5.74, 6) is -0.0108. The first-order valence-corrected chi connectivity index (χ1v) is 4.58. The first kappa shape index (κ1) is 10.9. The van der Waals surface area contributed by atoms with Gasteiger partial charge in [0.15, 0.2) is 0 Å². The molecular formula is C11H15NO2. The smallest absolute Gasteiger partial charge is 0.0685 e. The Hall–Kier alpha value is -1.19. The molecular weight excluding hydrogens is 178 g/mol. The second-order valence-electron chi connectivity index (χ2n) is 3.14. The van der Waals surface area contributed by atoms with Gasteiger partial charge in [-0.15, -0.1) is 6.58 Å². The summed E-state index contributed by atoms with van der Waals surface area (Å²) in [5, 5.41) is 18.3. The van der Waals surface area contributed by atoms with Crippen LogP contribution in [-0.4, -0.2) is 21.8 Å². The standard InChI is InChI=1S/C11H15NO2/c1-2-3-9(7-13)11-6-12-5-4-10(11)8-14/h2,4-6,9,13-14H,1,3,7-8H2. The lowest BCUT2D eigenvalue weighted by molar-refractivity contribution is 0.257. The fourth-order valence-corrected chi connectivity index (χ4v) is 1.45. The normalized spacial score (nSPS) is 12.4. The maximum absolute atomic E-state index is 9.17. The van der Waals surface area contributed by atoms with Crippen LogP contribution in [0.4, 0.5) is 0 Å². The van der Waals surface area contributed by atoms with E-state index in [9.17, 15) is 5.11 Å². The Balaban J connectivity index is 2.95. The van der Waals surface area contributed by atoms with Crippen LogP contribution in [-0.2, 0) is 6.61 Å². The summed E-state index contributed by atoms with van der Waals surface area (Å²) in [6.07, 6.45) is 5.78. The minimum Gasteiger partial charge on any atom is -0.396 e. The van der Waals surface area contributed by atoms with Gasteiger partial charge in [-0.1, -0.05) is 6.08 Å². The first-order valence-electron chi connectivity index (χ1n) is 4.58. The van der Waals surface area contributed by atoms with Crippen molar-refractivity contribution in [2.45, 2.75) is 18.9 Å². The average Bonchev–Trinajstić information content (AvgIpc) is 2.26. The zero-order valence-electron chi connectivity index (χ0n) is 8.06. The van der Waals surface area contributed by atoms with Crippen molar-refractivity contribution in [3.63, 3.8) is 0 Å². The molecule has 14 heavy (non-hydrogen) atoms. The molecule has 1 unspecified atom stereocenters. The molecule has 1 rings (SSSR count).